The summed E-state index contributed by atoms with van der Waals surface area (Å²) >= 11 is 5.11. The molecular weight excluding hydrogens is 417 g/mol. The van der Waals surface area contributed by atoms with Crippen molar-refractivity contribution < 1.29 is 18.7 Å². The molecule has 0 aliphatic carbocycles. The molecule has 0 spiro atoms. The van der Waals surface area contributed by atoms with Crippen LogP contribution >= 0.6 is 12.2 Å². The van der Waals surface area contributed by atoms with Crippen molar-refractivity contribution in [3.63, 3.8) is 0 Å². The van der Waals surface area contributed by atoms with Crippen LogP contribution in [0.15, 0.2) is 65.1 Å². The van der Waals surface area contributed by atoms with Crippen LogP contribution in [0.5, 0.6) is 5.75 Å². The highest BCUT2D eigenvalue weighted by Crippen LogP contribution is 2.33. The molecule has 6 nitrogen and oxygen atoms in total. The Hall–Kier alpha value is -3.78. The molecule has 0 saturated carbocycles. The molecule has 8 heteroatoms. The quantitative estimate of drug-likeness (QED) is 0.390. The minimum Gasteiger partial charge on any atom is -0.507 e. The van der Waals surface area contributed by atoms with Gasteiger partial charge < -0.3 is 14.8 Å². The van der Waals surface area contributed by atoms with E-state index >= 15 is 0 Å². The van der Waals surface area contributed by atoms with E-state index in [9.17, 15) is 14.3 Å². The number of benzene rings is 3. The molecule has 0 aliphatic heterocycles. The maximum atomic E-state index is 13.7. The maximum Gasteiger partial charge on any atom is 0.260 e. The van der Waals surface area contributed by atoms with Crippen LogP contribution in [0.2, 0.25) is 0 Å². The average Bonchev–Trinajstić information content (AvgIpc) is 3.16. The van der Waals surface area contributed by atoms with Crippen molar-refractivity contribution in [2.75, 3.05) is 5.32 Å². The van der Waals surface area contributed by atoms with Crippen LogP contribution in [0.3, 0.4) is 0 Å². The number of fused-ring (bicyclic) bond motifs is 1. The van der Waals surface area contributed by atoms with Gasteiger partial charge in [-0.25, -0.2) is 9.37 Å². The summed E-state index contributed by atoms with van der Waals surface area (Å²) in [6.07, 6.45) is 0.886. The number of carbonyl (C=O) groups excluding carboxylic acids is 1. The number of phenolic OH excluding ortho intramolecular Hbond substituents is 1. The van der Waals surface area contributed by atoms with Gasteiger partial charge in [0.1, 0.15) is 17.1 Å². The van der Waals surface area contributed by atoms with Gasteiger partial charge in [0.05, 0.1) is 11.1 Å². The van der Waals surface area contributed by atoms with E-state index in [0.29, 0.717) is 28.2 Å². The van der Waals surface area contributed by atoms with E-state index < -0.39 is 11.7 Å². The number of aryl methyl sites for hydroxylation is 1. The number of oxazole rings is 1. The molecule has 3 aromatic carbocycles. The molecule has 0 unspecified atom stereocenters. The zero-order valence-electron chi connectivity index (χ0n) is 16.5. The third-order valence-electron chi connectivity index (χ3n) is 4.69. The van der Waals surface area contributed by atoms with Gasteiger partial charge in [0.15, 0.2) is 10.7 Å². The number of hydrogen-bond acceptors (Lipinski definition) is 5. The summed E-state index contributed by atoms with van der Waals surface area (Å²) in [5, 5.41) is 15.6. The first kappa shape index (κ1) is 20.5. The predicted octanol–water partition coefficient (Wildman–Crippen LogP) is 5.03. The number of aromatic nitrogens is 1. The lowest BCUT2D eigenvalue weighted by atomic mass is 10.1. The van der Waals surface area contributed by atoms with Crippen molar-refractivity contribution in [3.8, 4) is 17.2 Å². The van der Waals surface area contributed by atoms with Crippen LogP contribution < -0.4 is 10.6 Å². The molecule has 1 aromatic heterocycles. The van der Waals surface area contributed by atoms with Gasteiger partial charge in [0.2, 0.25) is 5.89 Å². The van der Waals surface area contributed by atoms with E-state index in [0.717, 1.165) is 12.0 Å². The van der Waals surface area contributed by atoms with Crippen molar-refractivity contribution in [1.82, 2.24) is 10.3 Å². The number of thiocarbonyl (C=S) groups is 1. The first-order chi connectivity index (χ1) is 14.9. The normalized spacial score (nSPS) is 10.8. The van der Waals surface area contributed by atoms with E-state index in [1.54, 1.807) is 18.2 Å². The van der Waals surface area contributed by atoms with Gasteiger partial charge in [-0.1, -0.05) is 25.1 Å². The molecule has 0 bridgehead atoms. The van der Waals surface area contributed by atoms with Crippen LogP contribution in [0.1, 0.15) is 22.8 Å². The first-order valence-electron chi connectivity index (χ1n) is 9.54. The zero-order chi connectivity index (χ0) is 22.0. The number of nitrogens with zero attached hydrogens (tertiary/aromatic N) is 1. The number of halogens is 1. The minimum atomic E-state index is -0.672. The van der Waals surface area contributed by atoms with Crippen LogP contribution in [0.4, 0.5) is 10.1 Å². The molecule has 0 saturated heterocycles. The third kappa shape index (κ3) is 4.39. The second-order valence-electron chi connectivity index (χ2n) is 6.79. The summed E-state index contributed by atoms with van der Waals surface area (Å²) in [5.74, 6) is -1.10. The van der Waals surface area contributed by atoms with Crippen LogP contribution in [0, 0.1) is 5.82 Å². The topological polar surface area (TPSA) is 87.4 Å². The van der Waals surface area contributed by atoms with E-state index in [1.165, 1.54) is 24.3 Å². The molecule has 0 atom stereocenters. The monoisotopic (exact) mass is 435 g/mol. The van der Waals surface area contributed by atoms with Gasteiger partial charge in [-0.2, -0.15) is 0 Å². The summed E-state index contributed by atoms with van der Waals surface area (Å²) in [6.45, 7) is 2.06. The van der Waals surface area contributed by atoms with Crippen LogP contribution in [-0.2, 0) is 6.42 Å². The number of carbonyl (C=O) groups is 1. The third-order valence-corrected chi connectivity index (χ3v) is 4.90. The molecular formula is C23H18FN3O3S. The second-order valence-corrected chi connectivity index (χ2v) is 7.20. The summed E-state index contributed by atoms with van der Waals surface area (Å²) in [7, 11) is 0. The fourth-order valence-corrected chi connectivity index (χ4v) is 3.29. The highest BCUT2D eigenvalue weighted by atomic mass is 32.1. The fraction of sp³-hybridized carbons (Fsp3) is 0.0870. The summed E-state index contributed by atoms with van der Waals surface area (Å²) < 4.78 is 19.5. The molecule has 3 N–H and O–H groups in total. The molecule has 0 aliphatic rings. The molecule has 4 aromatic rings. The van der Waals surface area contributed by atoms with Crippen molar-refractivity contribution in [1.29, 1.82) is 0 Å². The Bertz CT molecular complexity index is 1300. The van der Waals surface area contributed by atoms with E-state index in [2.05, 4.69) is 22.5 Å². The van der Waals surface area contributed by atoms with Gasteiger partial charge in [-0.3, -0.25) is 10.1 Å². The zero-order valence-corrected chi connectivity index (χ0v) is 17.3. The van der Waals surface area contributed by atoms with Crippen LogP contribution in [-0.4, -0.2) is 21.1 Å². The van der Waals surface area contributed by atoms with Crippen molar-refractivity contribution in [2.24, 2.45) is 0 Å². The standard InChI is InChI=1S/C23H18FN3O3S/c1-2-13-7-10-20-18(11-13)26-22(30-20)16-9-8-14(12-19(16)28)25-23(31)27-21(29)15-5-3-4-6-17(15)24/h3-12,28H,2H2,1H3,(H2,25,27,29,31). The highest BCUT2D eigenvalue weighted by molar-refractivity contribution is 7.80. The molecule has 1 heterocycles. The Morgan fingerprint density at radius 1 is 1.16 bits per heavy atom. The van der Waals surface area contributed by atoms with Gasteiger partial charge in [-0.15, -0.1) is 0 Å². The number of amides is 1. The smallest absolute Gasteiger partial charge is 0.260 e. The number of aromatic hydroxyl groups is 1. The number of nitrogens with one attached hydrogen (secondary N) is 2. The Morgan fingerprint density at radius 3 is 2.71 bits per heavy atom. The lowest BCUT2D eigenvalue weighted by Gasteiger charge is -2.11. The van der Waals surface area contributed by atoms with Crippen molar-refractivity contribution >= 4 is 40.0 Å². The summed E-state index contributed by atoms with van der Waals surface area (Å²) in [6, 6.07) is 16.1. The predicted molar refractivity (Wildman–Crippen MR) is 121 cm³/mol. The molecule has 156 valence electrons. The lowest BCUT2D eigenvalue weighted by molar-refractivity contribution is 0.0974. The average molecular weight is 435 g/mol. The number of phenols is 1. The minimum absolute atomic E-state index is 0.0330. The maximum absolute atomic E-state index is 13.7. The second kappa shape index (κ2) is 8.53. The van der Waals surface area contributed by atoms with Crippen molar-refractivity contribution in [3.05, 3.63) is 77.6 Å². The van der Waals surface area contributed by atoms with E-state index in [-0.39, 0.29) is 16.4 Å². The lowest BCUT2D eigenvalue weighted by Crippen LogP contribution is -2.34. The Kier molecular flexibility index (Phi) is 5.64. The van der Waals surface area contributed by atoms with E-state index in [1.807, 2.05) is 18.2 Å². The van der Waals surface area contributed by atoms with E-state index in [4.69, 9.17) is 16.6 Å². The Balaban J connectivity index is 1.49. The molecule has 0 fully saturated rings. The molecule has 4 rings (SSSR count). The molecule has 0 radical (unpaired) electrons. The van der Waals surface area contributed by atoms with Gasteiger partial charge >= 0.3 is 0 Å². The largest absolute Gasteiger partial charge is 0.507 e. The summed E-state index contributed by atoms with van der Waals surface area (Å²) in [5.41, 5.74) is 3.22. The van der Waals surface area contributed by atoms with Gasteiger partial charge in [-0.05, 0) is 60.6 Å². The van der Waals surface area contributed by atoms with Crippen molar-refractivity contribution in [2.45, 2.75) is 13.3 Å². The highest BCUT2D eigenvalue weighted by Gasteiger charge is 2.15. The summed E-state index contributed by atoms with van der Waals surface area (Å²) in [4.78, 5) is 16.6. The fourth-order valence-electron chi connectivity index (χ4n) is 3.08. The molecule has 1 amide bonds. The SMILES string of the molecule is CCc1ccc2oc(-c3ccc(NC(=S)NC(=O)c4ccccc4F)cc3O)nc2c1. The number of rotatable bonds is 4. The Morgan fingerprint density at radius 2 is 1.97 bits per heavy atom. The van der Waals surface area contributed by atoms with Crippen LogP contribution in [0.25, 0.3) is 22.6 Å². The van der Waals surface area contributed by atoms with Gasteiger partial charge in [0.25, 0.3) is 5.91 Å². The first-order valence-corrected chi connectivity index (χ1v) is 9.95. The number of anilines is 1. The molecule has 31 heavy (non-hydrogen) atoms. The number of hydrogen-bond donors (Lipinski definition) is 3. The van der Waals surface area contributed by atoms with Gasteiger partial charge in [0, 0.05) is 11.8 Å². The Labute approximate surface area is 182 Å².